The fourth-order valence-electron chi connectivity index (χ4n) is 3.71. The van der Waals surface area contributed by atoms with Gasteiger partial charge in [0.05, 0.1) is 5.52 Å². The summed E-state index contributed by atoms with van der Waals surface area (Å²) >= 11 is 0. The Morgan fingerprint density at radius 2 is 2.00 bits per heavy atom. The van der Waals surface area contributed by atoms with Gasteiger partial charge in [0.15, 0.2) is 0 Å². The van der Waals surface area contributed by atoms with Crippen LogP contribution in [0, 0.1) is 12.7 Å². The fraction of sp³-hybridized carbons (Fsp3) is 0.200. The van der Waals surface area contributed by atoms with Gasteiger partial charge in [-0.3, -0.25) is 9.78 Å². The molecule has 0 spiro atoms. The van der Waals surface area contributed by atoms with Crippen molar-refractivity contribution in [1.82, 2.24) is 14.9 Å². The number of carbonyl (C=O) groups excluding carboxylic acids is 1. The number of halogens is 1. The third-order valence-electron chi connectivity index (χ3n) is 4.88. The normalized spacial score (nSPS) is 11.5. The quantitative estimate of drug-likeness (QED) is 0.596. The van der Waals surface area contributed by atoms with Gasteiger partial charge in [0.2, 0.25) is 0 Å². The van der Waals surface area contributed by atoms with Gasteiger partial charge in [-0.05, 0) is 48.2 Å². The predicted octanol–water partition coefficient (Wildman–Crippen LogP) is 3.02. The van der Waals surface area contributed by atoms with E-state index < -0.39 is 0 Å². The second kappa shape index (κ2) is 6.07. The highest BCUT2D eigenvalue weighted by Crippen LogP contribution is 2.35. The summed E-state index contributed by atoms with van der Waals surface area (Å²) in [6.07, 6.45) is 1.64. The lowest BCUT2D eigenvalue weighted by atomic mass is 10.00. The first-order chi connectivity index (χ1) is 12.5. The Hall–Kier alpha value is -2.99. The molecule has 0 aliphatic rings. The zero-order valence-electron chi connectivity index (χ0n) is 14.6. The van der Waals surface area contributed by atoms with Gasteiger partial charge in [-0.2, -0.15) is 0 Å². The van der Waals surface area contributed by atoms with Crippen molar-refractivity contribution in [2.45, 2.75) is 6.92 Å². The third kappa shape index (κ3) is 2.34. The van der Waals surface area contributed by atoms with Crippen molar-refractivity contribution in [3.63, 3.8) is 0 Å². The second-order valence-corrected chi connectivity index (χ2v) is 6.42. The number of aryl methyl sites for hydroxylation is 2. The molecular weight excluding hydrogens is 331 g/mol. The maximum Gasteiger partial charge on any atom is 0.270 e. The molecule has 0 unspecified atom stereocenters. The van der Waals surface area contributed by atoms with Crippen molar-refractivity contribution >= 4 is 38.5 Å². The first-order valence-corrected chi connectivity index (χ1v) is 8.47. The van der Waals surface area contributed by atoms with Crippen LogP contribution in [0.3, 0.4) is 0 Å². The van der Waals surface area contributed by atoms with Gasteiger partial charge in [-0.1, -0.05) is 0 Å². The van der Waals surface area contributed by atoms with Gasteiger partial charge in [-0.15, -0.1) is 0 Å². The summed E-state index contributed by atoms with van der Waals surface area (Å²) < 4.78 is 15.9. The number of nitrogens with one attached hydrogen (secondary N) is 1. The highest BCUT2D eigenvalue weighted by atomic mass is 19.1. The Morgan fingerprint density at radius 1 is 1.19 bits per heavy atom. The highest BCUT2D eigenvalue weighted by molar-refractivity contribution is 6.17. The van der Waals surface area contributed by atoms with E-state index in [1.54, 1.807) is 12.3 Å². The summed E-state index contributed by atoms with van der Waals surface area (Å²) in [4.78, 5) is 16.8. The van der Waals surface area contributed by atoms with Gasteiger partial charge in [0.1, 0.15) is 11.5 Å². The third-order valence-corrected chi connectivity index (χ3v) is 4.88. The van der Waals surface area contributed by atoms with Crippen LogP contribution in [0.25, 0.3) is 32.6 Å². The first-order valence-electron chi connectivity index (χ1n) is 8.47. The Kier molecular flexibility index (Phi) is 3.85. The van der Waals surface area contributed by atoms with Gasteiger partial charge < -0.3 is 15.6 Å². The Morgan fingerprint density at radius 3 is 2.77 bits per heavy atom. The molecule has 0 saturated carbocycles. The Bertz CT molecular complexity index is 1180. The van der Waals surface area contributed by atoms with E-state index in [1.807, 2.05) is 26.1 Å². The molecule has 0 aliphatic carbocycles. The summed E-state index contributed by atoms with van der Waals surface area (Å²) in [5, 5.41) is 6.21. The van der Waals surface area contributed by atoms with E-state index in [4.69, 9.17) is 5.73 Å². The molecule has 4 aromatic rings. The number of fused-ring (bicyclic) bond motifs is 4. The first kappa shape index (κ1) is 16.5. The van der Waals surface area contributed by atoms with E-state index in [-0.39, 0.29) is 11.7 Å². The van der Waals surface area contributed by atoms with Crippen molar-refractivity contribution in [2.75, 3.05) is 13.1 Å². The number of nitrogens with zero attached hydrogens (tertiary/aromatic N) is 2. The number of rotatable bonds is 3. The van der Waals surface area contributed by atoms with Crippen LogP contribution in [0.5, 0.6) is 0 Å². The number of carbonyl (C=O) groups is 1. The molecule has 0 bridgehead atoms. The van der Waals surface area contributed by atoms with Crippen LogP contribution in [-0.4, -0.2) is 28.5 Å². The van der Waals surface area contributed by atoms with E-state index >= 15 is 0 Å². The van der Waals surface area contributed by atoms with Crippen LogP contribution in [0.4, 0.5) is 4.39 Å². The monoisotopic (exact) mass is 350 g/mol. The largest absolute Gasteiger partial charge is 0.349 e. The number of nitrogens with two attached hydrogens (primary N) is 1. The second-order valence-electron chi connectivity index (χ2n) is 6.42. The molecule has 26 heavy (non-hydrogen) atoms. The summed E-state index contributed by atoms with van der Waals surface area (Å²) in [6, 6.07) is 8.62. The molecule has 0 radical (unpaired) electrons. The van der Waals surface area contributed by atoms with Crippen LogP contribution in [0.1, 0.15) is 16.1 Å². The standard InChI is InChI=1S/C20H19FN4O/c1-11-13-5-7-23-18(20(26)24-8-6-22)15(13)10-16-14-9-12(21)3-4-17(14)25(2)19(11)16/h3-5,7,9-10H,6,8,22H2,1-2H3,(H,24,26). The van der Waals surface area contributed by atoms with E-state index in [2.05, 4.69) is 14.9 Å². The van der Waals surface area contributed by atoms with Gasteiger partial charge in [0, 0.05) is 48.0 Å². The summed E-state index contributed by atoms with van der Waals surface area (Å²) in [6.45, 7) is 2.77. The van der Waals surface area contributed by atoms with E-state index in [0.29, 0.717) is 18.8 Å². The zero-order chi connectivity index (χ0) is 18.4. The number of benzene rings is 2. The minimum absolute atomic E-state index is 0.258. The predicted molar refractivity (Wildman–Crippen MR) is 102 cm³/mol. The number of aromatic nitrogens is 2. The number of hydrogen-bond acceptors (Lipinski definition) is 3. The van der Waals surface area contributed by atoms with Gasteiger partial charge >= 0.3 is 0 Å². The molecule has 2 aromatic heterocycles. The van der Waals surface area contributed by atoms with E-state index in [9.17, 15) is 9.18 Å². The number of amides is 1. The lowest BCUT2D eigenvalue weighted by Gasteiger charge is -2.10. The lowest BCUT2D eigenvalue weighted by molar-refractivity contribution is 0.0951. The van der Waals surface area contributed by atoms with Crippen molar-refractivity contribution < 1.29 is 9.18 Å². The fourth-order valence-corrected chi connectivity index (χ4v) is 3.71. The maximum atomic E-state index is 13.8. The molecule has 1 amide bonds. The topological polar surface area (TPSA) is 72.9 Å². The molecule has 0 atom stereocenters. The SMILES string of the molecule is Cc1c2ccnc(C(=O)NCCN)c2cc2c3cc(F)ccc3n(C)c12. The lowest BCUT2D eigenvalue weighted by Crippen LogP contribution is -2.29. The summed E-state index contributed by atoms with van der Waals surface area (Å²) in [5.74, 6) is -0.541. The number of pyridine rings is 1. The Labute approximate surface area is 149 Å². The molecular formula is C20H19FN4O. The smallest absolute Gasteiger partial charge is 0.270 e. The highest BCUT2D eigenvalue weighted by Gasteiger charge is 2.18. The summed E-state index contributed by atoms with van der Waals surface area (Å²) in [5.41, 5.74) is 8.83. The Balaban J connectivity index is 2.10. The van der Waals surface area contributed by atoms with Crippen molar-refractivity contribution in [3.05, 3.63) is 53.6 Å². The maximum absolute atomic E-state index is 13.8. The molecule has 0 fully saturated rings. The molecule has 3 N–H and O–H groups in total. The molecule has 0 aliphatic heterocycles. The average molecular weight is 350 g/mol. The van der Waals surface area contributed by atoms with Crippen LogP contribution < -0.4 is 11.1 Å². The van der Waals surface area contributed by atoms with Gasteiger partial charge in [0.25, 0.3) is 5.91 Å². The van der Waals surface area contributed by atoms with Gasteiger partial charge in [-0.25, -0.2) is 4.39 Å². The molecule has 4 rings (SSSR count). The minimum atomic E-state index is -0.283. The molecule has 0 saturated heterocycles. The molecule has 2 aromatic carbocycles. The number of hydrogen-bond donors (Lipinski definition) is 2. The van der Waals surface area contributed by atoms with Crippen LogP contribution in [0.15, 0.2) is 36.5 Å². The van der Waals surface area contributed by atoms with Crippen LogP contribution in [-0.2, 0) is 7.05 Å². The molecule has 2 heterocycles. The summed E-state index contributed by atoms with van der Waals surface area (Å²) in [7, 11) is 1.97. The molecule has 5 nitrogen and oxygen atoms in total. The van der Waals surface area contributed by atoms with Crippen LogP contribution in [0.2, 0.25) is 0 Å². The van der Waals surface area contributed by atoms with Crippen molar-refractivity contribution in [3.8, 4) is 0 Å². The van der Waals surface area contributed by atoms with Crippen molar-refractivity contribution in [2.24, 2.45) is 12.8 Å². The van der Waals surface area contributed by atoms with E-state index in [1.165, 1.54) is 12.1 Å². The average Bonchev–Trinajstić information content (AvgIpc) is 2.91. The molecule has 132 valence electrons. The van der Waals surface area contributed by atoms with E-state index in [0.717, 1.165) is 38.1 Å². The molecule has 6 heteroatoms. The van der Waals surface area contributed by atoms with Crippen molar-refractivity contribution in [1.29, 1.82) is 0 Å². The minimum Gasteiger partial charge on any atom is -0.349 e. The van der Waals surface area contributed by atoms with Crippen LogP contribution >= 0.6 is 0 Å². The zero-order valence-corrected chi connectivity index (χ0v) is 14.6.